The molecule has 1 fully saturated rings. The molecule has 90 valence electrons. The molecule has 1 atom stereocenters. The second kappa shape index (κ2) is 4.28. The van der Waals surface area contributed by atoms with Crippen molar-refractivity contribution in [1.82, 2.24) is 5.32 Å². The Morgan fingerprint density at radius 1 is 1.18 bits per heavy atom. The predicted molar refractivity (Wildman–Crippen MR) is 62.4 cm³/mol. The van der Waals surface area contributed by atoms with Crippen LogP contribution in [0.15, 0.2) is 18.2 Å². The number of fused-ring (bicyclic) bond motifs is 1. The molecule has 0 spiro atoms. The number of hydrogen-bond donors (Lipinski definition) is 1. The lowest BCUT2D eigenvalue weighted by molar-refractivity contribution is -0.120. The van der Waals surface area contributed by atoms with E-state index in [-0.39, 0.29) is 11.8 Å². The summed E-state index contributed by atoms with van der Waals surface area (Å²) < 4.78 is 11.2. The third-order valence-electron chi connectivity index (χ3n) is 3.22. The van der Waals surface area contributed by atoms with E-state index in [1.165, 1.54) is 0 Å². The minimum absolute atomic E-state index is 0.0350. The van der Waals surface area contributed by atoms with Crippen molar-refractivity contribution in [3.63, 3.8) is 0 Å². The molecule has 1 saturated heterocycles. The van der Waals surface area contributed by atoms with Crippen LogP contribution in [0.4, 0.5) is 0 Å². The fourth-order valence-corrected chi connectivity index (χ4v) is 2.31. The molecule has 0 aliphatic carbocycles. The van der Waals surface area contributed by atoms with E-state index in [0.29, 0.717) is 13.2 Å². The van der Waals surface area contributed by atoms with Gasteiger partial charge in [-0.2, -0.15) is 0 Å². The Morgan fingerprint density at radius 3 is 2.76 bits per heavy atom. The summed E-state index contributed by atoms with van der Waals surface area (Å²) in [5, 5.41) is 2.85. The Kier molecular flexibility index (Phi) is 2.63. The van der Waals surface area contributed by atoms with Crippen molar-refractivity contribution < 1.29 is 14.3 Å². The van der Waals surface area contributed by atoms with Gasteiger partial charge in [0.2, 0.25) is 5.91 Å². The molecule has 3 rings (SSSR count). The summed E-state index contributed by atoms with van der Waals surface area (Å²) in [6.07, 6.45) is 1.76. The molecule has 4 heteroatoms. The summed E-state index contributed by atoms with van der Waals surface area (Å²) in [6.45, 7) is 2.13. The highest BCUT2D eigenvalue weighted by Gasteiger charge is 2.26. The Morgan fingerprint density at radius 2 is 2.00 bits per heavy atom. The third-order valence-corrected chi connectivity index (χ3v) is 3.22. The number of ether oxygens (including phenoxy) is 2. The topological polar surface area (TPSA) is 47.6 Å². The SMILES string of the molecule is O=C1NCCC1c1ccc2c(c1)OCCCO2. The second-order valence-electron chi connectivity index (χ2n) is 4.39. The standard InChI is InChI=1S/C13H15NO3/c15-13-10(4-5-14-13)9-2-3-11-12(8-9)17-7-1-6-16-11/h2-3,8,10H,1,4-7H2,(H,14,15). The predicted octanol–water partition coefficient (Wildman–Crippen LogP) is 1.45. The van der Waals surface area contributed by atoms with Crippen molar-refractivity contribution in [2.75, 3.05) is 19.8 Å². The van der Waals surface area contributed by atoms with Crippen LogP contribution in [0.1, 0.15) is 24.3 Å². The summed E-state index contributed by atoms with van der Waals surface area (Å²) in [5.41, 5.74) is 1.02. The lowest BCUT2D eigenvalue weighted by Gasteiger charge is -2.12. The molecule has 2 heterocycles. The highest BCUT2D eigenvalue weighted by Crippen LogP contribution is 2.34. The minimum atomic E-state index is -0.0350. The maximum atomic E-state index is 11.6. The summed E-state index contributed by atoms with van der Waals surface area (Å²) in [5.74, 6) is 1.62. The average Bonchev–Trinajstić information content (AvgIpc) is 2.64. The summed E-state index contributed by atoms with van der Waals surface area (Å²) >= 11 is 0. The first kappa shape index (κ1) is 10.4. The fraction of sp³-hybridized carbons (Fsp3) is 0.462. The largest absolute Gasteiger partial charge is 0.490 e. The van der Waals surface area contributed by atoms with Crippen molar-refractivity contribution in [2.24, 2.45) is 0 Å². The van der Waals surface area contributed by atoms with Gasteiger partial charge in [0.1, 0.15) is 0 Å². The molecule has 0 radical (unpaired) electrons. The molecule has 0 bridgehead atoms. The monoisotopic (exact) mass is 233 g/mol. The van der Waals surface area contributed by atoms with Crippen molar-refractivity contribution >= 4 is 5.91 Å². The lowest BCUT2D eigenvalue weighted by atomic mass is 9.97. The Hall–Kier alpha value is -1.71. The summed E-state index contributed by atoms with van der Waals surface area (Å²) in [6, 6.07) is 5.81. The molecule has 1 amide bonds. The van der Waals surface area contributed by atoms with Gasteiger partial charge in [-0.3, -0.25) is 4.79 Å². The van der Waals surface area contributed by atoms with E-state index in [4.69, 9.17) is 9.47 Å². The molecule has 2 aliphatic rings. The van der Waals surface area contributed by atoms with E-state index in [9.17, 15) is 4.79 Å². The number of carbonyl (C=O) groups is 1. The quantitative estimate of drug-likeness (QED) is 0.798. The fourth-order valence-electron chi connectivity index (χ4n) is 2.31. The van der Waals surface area contributed by atoms with Gasteiger partial charge in [-0.25, -0.2) is 0 Å². The number of rotatable bonds is 1. The Bertz CT molecular complexity index is 444. The number of hydrogen-bond acceptors (Lipinski definition) is 3. The van der Waals surface area contributed by atoms with Gasteiger partial charge in [0.25, 0.3) is 0 Å². The van der Waals surface area contributed by atoms with Gasteiger partial charge in [-0.1, -0.05) is 6.07 Å². The molecule has 1 aromatic carbocycles. The highest BCUT2D eigenvalue weighted by atomic mass is 16.5. The molecule has 0 saturated carbocycles. The molecule has 1 unspecified atom stereocenters. The Balaban J connectivity index is 1.91. The van der Waals surface area contributed by atoms with Crippen LogP contribution in [-0.2, 0) is 4.79 Å². The molecule has 1 aromatic rings. The van der Waals surface area contributed by atoms with Gasteiger partial charge >= 0.3 is 0 Å². The summed E-state index contributed by atoms with van der Waals surface area (Å²) in [7, 11) is 0. The zero-order valence-corrected chi connectivity index (χ0v) is 9.57. The molecular formula is C13H15NO3. The third kappa shape index (κ3) is 1.95. The van der Waals surface area contributed by atoms with E-state index in [1.807, 2.05) is 18.2 Å². The molecular weight excluding hydrogens is 218 g/mol. The van der Waals surface area contributed by atoms with Gasteiger partial charge in [-0.05, 0) is 24.1 Å². The van der Waals surface area contributed by atoms with Crippen LogP contribution in [0.5, 0.6) is 11.5 Å². The number of benzene rings is 1. The number of nitrogens with one attached hydrogen (secondary N) is 1. The molecule has 4 nitrogen and oxygen atoms in total. The van der Waals surface area contributed by atoms with Crippen molar-refractivity contribution in [1.29, 1.82) is 0 Å². The van der Waals surface area contributed by atoms with Gasteiger partial charge in [0.05, 0.1) is 19.1 Å². The Labute approximate surface area is 99.9 Å². The minimum Gasteiger partial charge on any atom is -0.490 e. The molecule has 2 aliphatic heterocycles. The van der Waals surface area contributed by atoms with Gasteiger partial charge in [0, 0.05) is 13.0 Å². The average molecular weight is 233 g/mol. The van der Waals surface area contributed by atoms with Crippen molar-refractivity contribution in [3.05, 3.63) is 23.8 Å². The molecule has 1 N–H and O–H groups in total. The van der Waals surface area contributed by atoms with E-state index in [1.54, 1.807) is 0 Å². The number of carbonyl (C=O) groups excluding carboxylic acids is 1. The smallest absolute Gasteiger partial charge is 0.227 e. The number of amides is 1. The normalized spacial score (nSPS) is 23.1. The van der Waals surface area contributed by atoms with Crippen molar-refractivity contribution in [2.45, 2.75) is 18.8 Å². The van der Waals surface area contributed by atoms with Crippen molar-refractivity contribution in [3.8, 4) is 11.5 Å². The first-order valence-corrected chi connectivity index (χ1v) is 6.02. The first-order chi connectivity index (χ1) is 8.34. The zero-order chi connectivity index (χ0) is 11.7. The van der Waals surface area contributed by atoms with Gasteiger partial charge < -0.3 is 14.8 Å². The van der Waals surface area contributed by atoms with Gasteiger partial charge in [-0.15, -0.1) is 0 Å². The van der Waals surface area contributed by atoms with Crippen LogP contribution in [0.2, 0.25) is 0 Å². The van der Waals surface area contributed by atoms with Crippen LogP contribution in [0.25, 0.3) is 0 Å². The van der Waals surface area contributed by atoms with Gasteiger partial charge in [0.15, 0.2) is 11.5 Å². The lowest BCUT2D eigenvalue weighted by Crippen LogP contribution is -2.17. The highest BCUT2D eigenvalue weighted by molar-refractivity contribution is 5.85. The maximum Gasteiger partial charge on any atom is 0.227 e. The van der Waals surface area contributed by atoms with Crippen LogP contribution in [0, 0.1) is 0 Å². The maximum absolute atomic E-state index is 11.6. The second-order valence-corrected chi connectivity index (χ2v) is 4.39. The van der Waals surface area contributed by atoms with E-state index < -0.39 is 0 Å². The van der Waals surface area contributed by atoms with Crippen LogP contribution < -0.4 is 14.8 Å². The summed E-state index contributed by atoms with van der Waals surface area (Å²) in [4.78, 5) is 11.6. The zero-order valence-electron chi connectivity index (χ0n) is 9.57. The van der Waals surface area contributed by atoms with Crippen LogP contribution in [-0.4, -0.2) is 25.7 Å². The first-order valence-electron chi connectivity index (χ1n) is 6.02. The van der Waals surface area contributed by atoms with E-state index in [0.717, 1.165) is 36.4 Å². The molecule has 0 aromatic heterocycles. The molecule has 17 heavy (non-hydrogen) atoms. The van der Waals surface area contributed by atoms with E-state index in [2.05, 4.69) is 5.32 Å². The van der Waals surface area contributed by atoms with Crippen LogP contribution in [0.3, 0.4) is 0 Å². The van der Waals surface area contributed by atoms with E-state index >= 15 is 0 Å². The van der Waals surface area contributed by atoms with Crippen LogP contribution >= 0.6 is 0 Å².